The van der Waals surface area contributed by atoms with E-state index in [-0.39, 0.29) is 39.6 Å². The number of benzene rings is 11. The Balaban J connectivity index is 1.09. The molecule has 15 rings (SSSR count). The zero-order valence-electron chi connectivity index (χ0n) is 86.1. The number of rotatable bonds is 12. The van der Waals surface area contributed by atoms with E-state index >= 15 is 0 Å². The Labute approximate surface area is 568 Å². The number of imidazole rings is 1. The molecule has 0 atom stereocenters. The SMILES string of the molecule is [2H]c1c([2H])c([2H])c([Si](c2c([2H])c([2H])c([2H])c([2H])c2[2H])(c2c([2H])c([2H])c([2H])c([2H])c2[2H])c2c([2H])c([2H])c([2H])c(-c3cccc(-c4c([2H])c([2H])c5c(c4[2H])C(C([2H])([2H])[2H])(C([2H])([2H])[2H])C([2H])([2H])C([2H])([2H])C5(C([2H])([2H])[2H])C([2H])([2H])[2H])c3-[n+]3[c-]n(-c4cccc(Oc5ccc6c7ccccc7n(-c7cc(C([2H])([2H])[2H])c(-c8ccccc8)cn7)c6c5)c4)c4ccccc43)c2[2H])c([2H])c1[2H]. The molecule has 0 N–H and O–H groups in total. The van der Waals surface area contributed by atoms with E-state index in [0.717, 1.165) is 28.2 Å². The Bertz CT molecular complexity index is 6800. The van der Waals surface area contributed by atoms with Gasteiger partial charge in [0.1, 0.15) is 17.3 Å². The maximum Gasteiger partial charge on any atom is 0.269 e. The molecular formula is C81H66N4OSi. The van der Waals surface area contributed by atoms with Gasteiger partial charge >= 0.3 is 0 Å². The van der Waals surface area contributed by atoms with Gasteiger partial charge in [-0.05, 0) is 138 Å². The van der Waals surface area contributed by atoms with Crippen molar-refractivity contribution in [2.75, 3.05) is 0 Å². The second kappa shape index (κ2) is 21.4. The van der Waals surface area contributed by atoms with Crippen molar-refractivity contribution < 1.29 is 65.5 Å². The minimum atomic E-state index is -6.73. The molecule has 5 nitrogen and oxygen atoms in total. The third-order valence-electron chi connectivity index (χ3n) is 15.1. The molecule has 87 heavy (non-hydrogen) atoms. The van der Waals surface area contributed by atoms with E-state index in [2.05, 4.69) is 6.33 Å². The molecule has 1 aliphatic rings. The summed E-state index contributed by atoms with van der Waals surface area (Å²) < 4.78 is 398. The zero-order valence-corrected chi connectivity index (χ0v) is 46.1. The highest BCUT2D eigenvalue weighted by molar-refractivity contribution is 7.19. The van der Waals surface area contributed by atoms with Gasteiger partial charge in [0.15, 0.2) is 8.07 Å². The Morgan fingerprint density at radius 2 is 1.14 bits per heavy atom. The number of pyridine rings is 1. The predicted octanol–water partition coefficient (Wildman–Crippen LogP) is 17.0. The van der Waals surface area contributed by atoms with Crippen LogP contribution in [0.1, 0.15) is 113 Å². The van der Waals surface area contributed by atoms with Crippen LogP contribution in [-0.4, -0.2) is 22.2 Å². The van der Waals surface area contributed by atoms with E-state index in [1.54, 1.807) is 65.2 Å². The molecule has 1 aliphatic carbocycles. The van der Waals surface area contributed by atoms with Crippen LogP contribution in [-0.2, 0) is 10.8 Å². The number of aromatic nitrogens is 4. The highest BCUT2D eigenvalue weighted by Crippen LogP contribution is 2.48. The first kappa shape index (κ1) is 25.4. The van der Waals surface area contributed by atoms with E-state index in [4.69, 9.17) is 26.2 Å². The smallest absolute Gasteiger partial charge is 0.269 e. The molecule has 0 unspecified atom stereocenters. The van der Waals surface area contributed by atoms with E-state index in [1.807, 2.05) is 18.2 Å². The van der Waals surface area contributed by atoms with E-state index in [9.17, 15) is 39.8 Å². The molecule has 3 heterocycles. The van der Waals surface area contributed by atoms with E-state index < -0.39 is 259 Å². The van der Waals surface area contributed by atoms with Crippen LogP contribution in [0.5, 0.6) is 11.5 Å². The molecule has 6 heteroatoms. The normalized spacial score (nSPS) is 22.3. The maximum atomic E-state index is 11.0. The fourth-order valence-corrected chi connectivity index (χ4v) is 14.8. The molecule has 0 amide bonds. The minimum Gasteiger partial charge on any atom is -0.458 e. The summed E-state index contributed by atoms with van der Waals surface area (Å²) in [5.74, 6) is 0.484. The lowest BCUT2D eigenvalue weighted by atomic mass is 9.63. The second-order valence-electron chi connectivity index (χ2n) is 20.3. The molecule has 3 aromatic heterocycles. The summed E-state index contributed by atoms with van der Waals surface area (Å²) in [5, 5.41) is -3.66. The fourth-order valence-electron chi connectivity index (χ4n) is 11.2. The van der Waals surface area contributed by atoms with Crippen LogP contribution >= 0.6 is 0 Å². The highest BCUT2D eigenvalue weighted by Gasteiger charge is 2.42. The zero-order chi connectivity index (χ0) is 94.1. The first-order valence-electron chi connectivity index (χ1n) is 47.4. The molecule has 0 saturated carbocycles. The number of ether oxygens (including phenoxy) is 1. The fraction of sp³-hybridized carbons (Fsp3) is 0.111. The van der Waals surface area contributed by atoms with Gasteiger partial charge in [-0.2, -0.15) is 0 Å². The van der Waals surface area contributed by atoms with Crippen LogP contribution < -0.4 is 30.1 Å². The third kappa shape index (κ3) is 9.22. The van der Waals surface area contributed by atoms with Crippen molar-refractivity contribution >= 4 is 61.7 Å². The summed E-state index contributed by atoms with van der Waals surface area (Å²) in [4.78, 5) is 4.82. The molecule has 14 aromatic rings. The lowest BCUT2D eigenvalue weighted by Gasteiger charge is -2.42. The van der Waals surface area contributed by atoms with Gasteiger partial charge in [0, 0.05) is 54.6 Å². The summed E-state index contributed by atoms with van der Waals surface area (Å²) in [6.07, 6.45) is -5.02. The summed E-state index contributed by atoms with van der Waals surface area (Å²) in [7, 11) is -6.73. The number of para-hydroxylation sites is 4. The first-order chi connectivity index (χ1) is 59.4. The quantitative estimate of drug-likeness (QED) is 0.0529. The van der Waals surface area contributed by atoms with Crippen LogP contribution in [0, 0.1) is 13.2 Å². The van der Waals surface area contributed by atoms with Gasteiger partial charge in [-0.3, -0.25) is 13.7 Å². The lowest BCUT2D eigenvalue weighted by molar-refractivity contribution is -0.571. The van der Waals surface area contributed by atoms with Crippen molar-refractivity contribution in [1.29, 1.82) is 0 Å². The molecule has 420 valence electrons. The van der Waals surface area contributed by atoms with Crippen LogP contribution in [0.2, 0.25) is 0 Å². The van der Waals surface area contributed by atoms with Gasteiger partial charge in [-0.25, -0.2) is 4.98 Å². The number of hydrogen-bond acceptors (Lipinski definition) is 2. The van der Waals surface area contributed by atoms with Gasteiger partial charge < -0.3 is 4.74 Å². The van der Waals surface area contributed by atoms with Crippen molar-refractivity contribution in [1.82, 2.24) is 14.1 Å². The minimum absolute atomic E-state index is 0.00426. The van der Waals surface area contributed by atoms with Gasteiger partial charge in [0.25, 0.3) is 6.33 Å². The standard InChI is InChI=1S/C81H66N4OSi/c1-56-49-78(82-54-71(56)57-25-10-6-11-26-57)85-74-40-19-18-37-69(74)70-45-44-62(53-77(70)85)86-61-29-23-28-60(52-61)83-55-84(76-42-21-20-41-75(76)83)79-67(38-24-39-68(79)59-43-46-72-73(51-59)81(4,5)48-47-80(72,2)3)58-27-22-36-66(50-58)87(63-30-12-7-13-31-63,64-32-14-8-15-33-64)65-34-16-9-17-35-65/h6-46,49-54H,47-48H2,1-5H3/i1D3,2D3,3D3,4D3,5D3,7D,8D,9D,12D,13D,14D,15D,16D,17D,22D,27D,30D,31D,32D,33D,34D,35D,36D,43D,46D,47D2,48D2,50D,51D. The Morgan fingerprint density at radius 3 is 1.85 bits per heavy atom. The Hall–Kier alpha value is -10.1. The molecular weight excluding hydrogens is 1070 g/mol. The molecule has 0 bridgehead atoms. The largest absolute Gasteiger partial charge is 0.458 e. The third-order valence-corrected chi connectivity index (χ3v) is 19.1. The summed E-state index contributed by atoms with van der Waals surface area (Å²) in [6.45, 7) is -20.9. The number of fused-ring (bicyclic) bond motifs is 5. The number of aryl methyl sites for hydroxylation is 1. The average molecular weight is 1180 g/mol. The summed E-state index contributed by atoms with van der Waals surface area (Å²) in [6, 6.07) is 7.28. The Morgan fingerprint density at radius 1 is 0.517 bits per heavy atom. The molecule has 0 saturated heterocycles. The predicted molar refractivity (Wildman–Crippen MR) is 362 cm³/mol. The van der Waals surface area contributed by atoms with Crippen molar-refractivity contribution in [3.63, 3.8) is 0 Å². The highest BCUT2D eigenvalue weighted by atomic mass is 28.3. The molecule has 11 aromatic carbocycles. The summed E-state index contributed by atoms with van der Waals surface area (Å²) >= 11 is 0. The van der Waals surface area contributed by atoms with Crippen molar-refractivity contribution in [3.05, 3.63) is 308 Å². The van der Waals surface area contributed by atoms with Crippen LogP contribution in [0.25, 0.3) is 83.4 Å². The summed E-state index contributed by atoms with van der Waals surface area (Å²) in [5.41, 5.74) is -15.8. The molecule has 0 aliphatic heterocycles. The van der Waals surface area contributed by atoms with Crippen LogP contribution in [0.15, 0.2) is 285 Å². The van der Waals surface area contributed by atoms with Crippen LogP contribution in [0.3, 0.4) is 0 Å². The molecule has 0 spiro atoms. The lowest BCUT2D eigenvalue weighted by Crippen LogP contribution is -2.74. The van der Waals surface area contributed by atoms with Crippen molar-refractivity contribution in [2.24, 2.45) is 0 Å². The monoisotopic (exact) mass is 1180 g/mol. The topological polar surface area (TPSA) is 35.9 Å². The van der Waals surface area contributed by atoms with E-state index in [0.29, 0.717) is 27.5 Å². The second-order valence-corrected chi connectivity index (χ2v) is 23.8. The first-order valence-corrected chi connectivity index (χ1v) is 28.9. The molecule has 0 radical (unpaired) electrons. The van der Waals surface area contributed by atoms with Gasteiger partial charge in [-0.15, -0.1) is 0 Å². The average Bonchev–Trinajstić information content (AvgIpc) is 0.693. The van der Waals surface area contributed by atoms with Crippen LogP contribution in [0.4, 0.5) is 0 Å². The van der Waals surface area contributed by atoms with Gasteiger partial charge in [0.05, 0.1) is 63.6 Å². The van der Waals surface area contributed by atoms with Gasteiger partial charge in [-0.1, -0.05) is 257 Å². The molecule has 0 fully saturated rings. The number of nitrogens with zero attached hydrogens (tertiary/aromatic N) is 4. The number of hydrogen-bond donors (Lipinski definition) is 0. The van der Waals surface area contributed by atoms with Crippen molar-refractivity contribution in [3.8, 4) is 62.1 Å². The van der Waals surface area contributed by atoms with Crippen molar-refractivity contribution in [2.45, 2.75) is 57.8 Å². The van der Waals surface area contributed by atoms with E-state index in [1.165, 1.54) is 59.3 Å². The van der Waals surface area contributed by atoms with Gasteiger partial charge in [0.2, 0.25) is 0 Å². The Kier molecular flexibility index (Phi) is 6.26. The maximum absolute atomic E-state index is 11.0.